The number of carbonyl (C=O) groups is 1. The van der Waals surface area contributed by atoms with Crippen LogP contribution >= 0.6 is 0 Å². The van der Waals surface area contributed by atoms with Crippen LogP contribution in [0.25, 0.3) is 11.1 Å². The van der Waals surface area contributed by atoms with Gasteiger partial charge in [0.05, 0.1) is 0 Å². The van der Waals surface area contributed by atoms with Crippen LogP contribution in [0.1, 0.15) is 28.9 Å². The molecular weight excluding hydrogens is 302 g/mol. The van der Waals surface area contributed by atoms with E-state index in [2.05, 4.69) is 16.4 Å². The van der Waals surface area contributed by atoms with Gasteiger partial charge in [0.2, 0.25) is 0 Å². The first kappa shape index (κ1) is 16.2. The van der Waals surface area contributed by atoms with E-state index in [0.717, 1.165) is 37.2 Å². The van der Waals surface area contributed by atoms with Gasteiger partial charge in [0.1, 0.15) is 11.8 Å². The Kier molecular flexibility index (Phi) is 5.19. The number of nitrogens with zero attached hydrogens (tertiary/aromatic N) is 2. The number of hydrogen-bond donors (Lipinski definition) is 1. The molecule has 5 nitrogen and oxygen atoms in total. The predicted molar refractivity (Wildman–Crippen MR) is 90.3 cm³/mol. The maximum atomic E-state index is 12.3. The lowest BCUT2D eigenvalue weighted by Gasteiger charge is -2.10. The molecule has 0 saturated carbocycles. The van der Waals surface area contributed by atoms with Gasteiger partial charge in [-0.1, -0.05) is 12.1 Å². The minimum atomic E-state index is -0.0989. The quantitative estimate of drug-likeness (QED) is 0.919. The monoisotopic (exact) mass is 321 g/mol. The van der Waals surface area contributed by atoms with Crippen molar-refractivity contribution in [1.29, 1.82) is 5.26 Å². The Bertz CT molecular complexity index is 761. The molecule has 1 aromatic carbocycles. The number of nitrogens with one attached hydrogen (secondary N) is 1. The molecule has 24 heavy (non-hydrogen) atoms. The van der Waals surface area contributed by atoms with E-state index in [4.69, 9.17) is 4.74 Å². The smallest absolute Gasteiger partial charge is 0.251 e. The van der Waals surface area contributed by atoms with Gasteiger partial charge in [0.15, 0.2) is 0 Å². The number of amides is 1. The molecule has 1 N–H and O–H groups in total. The standard InChI is InChI=1S/C19H19N3O2/c20-12-18-17(5-2-8-21-18)15-3-1-4-16(11-15)19(23)22-9-6-14-7-10-24-13-14/h1-5,8,11,14H,6-7,9-10,13H2,(H,22,23)/t14-/m1/s1. The maximum Gasteiger partial charge on any atom is 0.251 e. The molecule has 1 amide bonds. The molecule has 0 bridgehead atoms. The molecular formula is C19H19N3O2. The lowest BCUT2D eigenvalue weighted by Crippen LogP contribution is -2.26. The highest BCUT2D eigenvalue weighted by atomic mass is 16.5. The number of aromatic nitrogens is 1. The van der Waals surface area contributed by atoms with Crippen LogP contribution in [-0.2, 0) is 4.74 Å². The molecule has 1 atom stereocenters. The van der Waals surface area contributed by atoms with Crippen molar-refractivity contribution in [2.75, 3.05) is 19.8 Å². The summed E-state index contributed by atoms with van der Waals surface area (Å²) in [5, 5.41) is 12.1. The number of rotatable bonds is 5. The highest BCUT2D eigenvalue weighted by Crippen LogP contribution is 2.23. The summed E-state index contributed by atoms with van der Waals surface area (Å²) in [5.74, 6) is 0.448. The van der Waals surface area contributed by atoms with E-state index in [1.165, 1.54) is 0 Å². The van der Waals surface area contributed by atoms with Crippen molar-refractivity contribution < 1.29 is 9.53 Å². The summed E-state index contributed by atoms with van der Waals surface area (Å²) in [6.45, 7) is 2.27. The van der Waals surface area contributed by atoms with Crippen LogP contribution in [0.4, 0.5) is 0 Å². The van der Waals surface area contributed by atoms with Gasteiger partial charge < -0.3 is 10.1 Å². The summed E-state index contributed by atoms with van der Waals surface area (Å²) in [6, 6.07) is 13.0. The Morgan fingerprint density at radius 2 is 2.29 bits per heavy atom. The molecule has 0 aliphatic carbocycles. The molecule has 0 unspecified atom stereocenters. The molecule has 2 heterocycles. The second-order valence-corrected chi connectivity index (χ2v) is 5.87. The first-order valence-corrected chi connectivity index (χ1v) is 8.09. The second-order valence-electron chi connectivity index (χ2n) is 5.87. The van der Waals surface area contributed by atoms with Crippen LogP contribution in [0.15, 0.2) is 42.6 Å². The van der Waals surface area contributed by atoms with Crippen molar-refractivity contribution in [2.24, 2.45) is 5.92 Å². The average Bonchev–Trinajstić information content (AvgIpc) is 3.15. The lowest BCUT2D eigenvalue weighted by atomic mass is 10.0. The minimum absolute atomic E-state index is 0.0989. The van der Waals surface area contributed by atoms with Crippen LogP contribution in [0, 0.1) is 17.2 Å². The van der Waals surface area contributed by atoms with Gasteiger partial charge in [-0.15, -0.1) is 0 Å². The van der Waals surface area contributed by atoms with E-state index in [1.54, 1.807) is 24.4 Å². The van der Waals surface area contributed by atoms with Gasteiger partial charge in [-0.25, -0.2) is 4.98 Å². The topological polar surface area (TPSA) is 75.0 Å². The molecule has 122 valence electrons. The molecule has 2 aromatic rings. The highest BCUT2D eigenvalue weighted by molar-refractivity contribution is 5.95. The van der Waals surface area contributed by atoms with Crippen molar-refractivity contribution in [1.82, 2.24) is 10.3 Å². The molecule has 3 rings (SSSR count). The SMILES string of the molecule is N#Cc1ncccc1-c1cccc(C(=O)NCC[C@@H]2CCOC2)c1. The fraction of sp³-hybridized carbons (Fsp3) is 0.316. The van der Waals surface area contributed by atoms with Crippen LogP contribution in [-0.4, -0.2) is 30.6 Å². The van der Waals surface area contributed by atoms with Gasteiger partial charge in [-0.2, -0.15) is 5.26 Å². The summed E-state index contributed by atoms with van der Waals surface area (Å²) in [7, 11) is 0. The number of pyridine rings is 1. The van der Waals surface area contributed by atoms with Crippen LogP contribution < -0.4 is 5.32 Å². The third-order valence-electron chi connectivity index (χ3n) is 4.21. The van der Waals surface area contributed by atoms with Crippen LogP contribution in [0.5, 0.6) is 0 Å². The van der Waals surface area contributed by atoms with Crippen molar-refractivity contribution in [3.63, 3.8) is 0 Å². The second kappa shape index (κ2) is 7.71. The number of benzene rings is 1. The van der Waals surface area contributed by atoms with Crippen LogP contribution in [0.3, 0.4) is 0 Å². The zero-order chi connectivity index (χ0) is 16.8. The summed E-state index contributed by atoms with van der Waals surface area (Å²) in [4.78, 5) is 16.4. The summed E-state index contributed by atoms with van der Waals surface area (Å²) in [5.41, 5.74) is 2.49. The number of hydrogen-bond acceptors (Lipinski definition) is 4. The van der Waals surface area contributed by atoms with Crippen molar-refractivity contribution in [2.45, 2.75) is 12.8 Å². The van der Waals surface area contributed by atoms with E-state index in [-0.39, 0.29) is 5.91 Å². The molecule has 5 heteroatoms. The number of carbonyl (C=O) groups excluding carboxylic acids is 1. The molecule has 1 aliphatic heterocycles. The van der Waals surface area contributed by atoms with E-state index in [1.807, 2.05) is 18.2 Å². The van der Waals surface area contributed by atoms with E-state index in [9.17, 15) is 10.1 Å². The minimum Gasteiger partial charge on any atom is -0.381 e. The maximum absolute atomic E-state index is 12.3. The summed E-state index contributed by atoms with van der Waals surface area (Å²) >= 11 is 0. The Morgan fingerprint density at radius 1 is 1.38 bits per heavy atom. The van der Waals surface area contributed by atoms with E-state index >= 15 is 0 Å². The van der Waals surface area contributed by atoms with Gasteiger partial charge in [0, 0.05) is 37.1 Å². The fourth-order valence-electron chi connectivity index (χ4n) is 2.86. The Labute approximate surface area is 141 Å². The van der Waals surface area contributed by atoms with Gasteiger partial charge in [-0.05, 0) is 48.6 Å². The normalized spacial score (nSPS) is 16.5. The highest BCUT2D eigenvalue weighted by Gasteiger charge is 2.16. The molecule has 0 radical (unpaired) electrons. The number of nitriles is 1. The van der Waals surface area contributed by atoms with Crippen LogP contribution in [0.2, 0.25) is 0 Å². The Hall–Kier alpha value is -2.71. The van der Waals surface area contributed by atoms with E-state index < -0.39 is 0 Å². The first-order chi connectivity index (χ1) is 11.8. The fourth-order valence-corrected chi connectivity index (χ4v) is 2.86. The summed E-state index contributed by atoms with van der Waals surface area (Å²) < 4.78 is 5.34. The average molecular weight is 321 g/mol. The predicted octanol–water partition coefficient (Wildman–Crippen LogP) is 2.78. The molecule has 0 spiro atoms. The van der Waals surface area contributed by atoms with Gasteiger partial charge >= 0.3 is 0 Å². The molecule has 1 aliphatic rings. The Morgan fingerprint density at radius 3 is 3.08 bits per heavy atom. The third kappa shape index (κ3) is 3.79. The van der Waals surface area contributed by atoms with Crippen molar-refractivity contribution in [3.05, 3.63) is 53.9 Å². The zero-order valence-corrected chi connectivity index (χ0v) is 13.4. The zero-order valence-electron chi connectivity index (χ0n) is 13.4. The third-order valence-corrected chi connectivity index (χ3v) is 4.21. The lowest BCUT2D eigenvalue weighted by molar-refractivity contribution is 0.0950. The summed E-state index contributed by atoms with van der Waals surface area (Å²) in [6.07, 6.45) is 3.60. The Balaban J connectivity index is 1.68. The van der Waals surface area contributed by atoms with Crippen molar-refractivity contribution in [3.8, 4) is 17.2 Å². The largest absolute Gasteiger partial charge is 0.381 e. The van der Waals surface area contributed by atoms with Crippen molar-refractivity contribution >= 4 is 5.91 Å². The molecule has 1 fully saturated rings. The van der Waals surface area contributed by atoms with Gasteiger partial charge in [0.25, 0.3) is 5.91 Å². The first-order valence-electron chi connectivity index (χ1n) is 8.09. The molecule has 1 saturated heterocycles. The molecule has 1 aromatic heterocycles. The number of ether oxygens (including phenoxy) is 1. The van der Waals surface area contributed by atoms with E-state index in [0.29, 0.717) is 23.7 Å². The van der Waals surface area contributed by atoms with Gasteiger partial charge in [-0.3, -0.25) is 4.79 Å².